The third kappa shape index (κ3) is 6.88. The number of aromatic nitrogens is 3. The van der Waals surface area contributed by atoms with Crippen molar-refractivity contribution in [1.82, 2.24) is 25.6 Å². The molecule has 0 saturated carbocycles. The Balaban J connectivity index is 2.36. The predicted octanol–water partition coefficient (Wildman–Crippen LogP) is -0.0712. The van der Waals surface area contributed by atoms with Gasteiger partial charge in [-0.15, -0.1) is 5.10 Å². The summed E-state index contributed by atoms with van der Waals surface area (Å²) in [4.78, 5) is 11.5. The largest absolute Gasteiger partial charge is 0.383 e. The number of methoxy groups -OCH3 is 1. The number of carbonyl (C=O) groups is 1. The minimum absolute atomic E-state index is 0.0291. The molecule has 0 aromatic carbocycles. The van der Waals surface area contributed by atoms with Crippen LogP contribution in [-0.2, 0) is 22.6 Å². The number of ether oxygens (including phenoxy) is 1. The van der Waals surface area contributed by atoms with E-state index in [9.17, 15) is 4.79 Å². The maximum Gasteiger partial charge on any atom is 0.241 e. The fourth-order valence-electron chi connectivity index (χ4n) is 1.35. The number of rotatable bonds is 7. The van der Waals surface area contributed by atoms with E-state index in [2.05, 4.69) is 41.7 Å². The molecule has 0 aliphatic rings. The lowest BCUT2D eigenvalue weighted by Crippen LogP contribution is -2.35. The maximum absolute atomic E-state index is 11.5. The summed E-state index contributed by atoms with van der Waals surface area (Å²) in [7, 11) is 1.60. The first kappa shape index (κ1) is 15.6. The molecule has 1 heterocycles. The van der Waals surface area contributed by atoms with Crippen LogP contribution in [0.4, 0.5) is 0 Å². The van der Waals surface area contributed by atoms with Crippen molar-refractivity contribution in [3.05, 3.63) is 11.9 Å². The zero-order chi connectivity index (χ0) is 14.3. The minimum Gasteiger partial charge on any atom is -0.383 e. The number of amides is 1. The summed E-state index contributed by atoms with van der Waals surface area (Å²) >= 11 is 0. The molecule has 108 valence electrons. The molecule has 19 heavy (non-hydrogen) atoms. The Morgan fingerprint density at radius 3 is 2.84 bits per heavy atom. The van der Waals surface area contributed by atoms with E-state index in [1.54, 1.807) is 13.3 Å². The smallest absolute Gasteiger partial charge is 0.241 e. The second kappa shape index (κ2) is 7.20. The van der Waals surface area contributed by atoms with Gasteiger partial charge in [-0.2, -0.15) is 0 Å². The van der Waals surface area contributed by atoms with Gasteiger partial charge in [0.15, 0.2) is 0 Å². The molecular formula is C12H23N5O2. The second-order valence-corrected chi connectivity index (χ2v) is 5.35. The van der Waals surface area contributed by atoms with Crippen molar-refractivity contribution in [2.24, 2.45) is 0 Å². The molecule has 0 aliphatic carbocycles. The van der Waals surface area contributed by atoms with Crippen LogP contribution in [0.1, 0.15) is 26.5 Å². The van der Waals surface area contributed by atoms with E-state index in [1.807, 2.05) is 0 Å². The fraction of sp³-hybridized carbons (Fsp3) is 0.750. The van der Waals surface area contributed by atoms with Gasteiger partial charge < -0.3 is 15.4 Å². The topological polar surface area (TPSA) is 81.1 Å². The highest BCUT2D eigenvalue weighted by Crippen LogP contribution is 2.01. The molecule has 1 aromatic heterocycles. The Hall–Kier alpha value is -1.47. The highest BCUT2D eigenvalue weighted by atomic mass is 16.5. The Labute approximate surface area is 113 Å². The SMILES string of the molecule is COCCNC(=O)Cn1cc(CNC(C)(C)C)nn1. The van der Waals surface area contributed by atoms with Gasteiger partial charge in [0.05, 0.1) is 18.5 Å². The molecule has 2 N–H and O–H groups in total. The zero-order valence-corrected chi connectivity index (χ0v) is 12.1. The number of hydrogen-bond donors (Lipinski definition) is 2. The molecule has 0 aliphatic heterocycles. The normalized spacial score (nSPS) is 11.6. The highest BCUT2D eigenvalue weighted by Gasteiger charge is 2.10. The van der Waals surface area contributed by atoms with Gasteiger partial charge in [0.25, 0.3) is 0 Å². The maximum atomic E-state index is 11.5. The summed E-state index contributed by atoms with van der Waals surface area (Å²) < 4.78 is 6.38. The van der Waals surface area contributed by atoms with Gasteiger partial charge >= 0.3 is 0 Å². The molecular weight excluding hydrogens is 246 g/mol. The van der Waals surface area contributed by atoms with Crippen LogP contribution in [0.2, 0.25) is 0 Å². The molecule has 0 radical (unpaired) electrons. The number of nitrogens with zero attached hydrogens (tertiary/aromatic N) is 3. The van der Waals surface area contributed by atoms with Crippen molar-refractivity contribution >= 4 is 5.91 Å². The van der Waals surface area contributed by atoms with Crippen molar-refractivity contribution in [3.8, 4) is 0 Å². The highest BCUT2D eigenvalue weighted by molar-refractivity contribution is 5.75. The van der Waals surface area contributed by atoms with Crippen LogP contribution < -0.4 is 10.6 Å². The minimum atomic E-state index is -0.0997. The molecule has 0 bridgehead atoms. The standard InChI is InChI=1S/C12H23N5O2/c1-12(2,3)14-7-10-8-17(16-15-10)9-11(18)13-5-6-19-4/h8,14H,5-7,9H2,1-4H3,(H,13,18). The summed E-state index contributed by atoms with van der Waals surface area (Å²) in [6.45, 7) is 8.06. The van der Waals surface area contributed by atoms with Gasteiger partial charge in [-0.1, -0.05) is 5.21 Å². The molecule has 0 fully saturated rings. The number of carbonyl (C=O) groups excluding carboxylic acids is 1. The van der Waals surface area contributed by atoms with E-state index >= 15 is 0 Å². The molecule has 7 nitrogen and oxygen atoms in total. The van der Waals surface area contributed by atoms with Gasteiger partial charge in [-0.05, 0) is 20.8 Å². The van der Waals surface area contributed by atoms with Crippen LogP contribution in [0.15, 0.2) is 6.20 Å². The Kier molecular flexibility index (Phi) is 5.91. The van der Waals surface area contributed by atoms with Crippen molar-refractivity contribution in [2.75, 3.05) is 20.3 Å². The Bertz CT molecular complexity index is 397. The van der Waals surface area contributed by atoms with Gasteiger partial charge in [0, 0.05) is 25.7 Å². The summed E-state index contributed by atoms with van der Waals surface area (Å²) in [5, 5.41) is 14.0. The second-order valence-electron chi connectivity index (χ2n) is 5.35. The van der Waals surface area contributed by atoms with E-state index in [4.69, 9.17) is 4.74 Å². The summed E-state index contributed by atoms with van der Waals surface area (Å²) in [5.74, 6) is -0.0997. The van der Waals surface area contributed by atoms with Crippen LogP contribution >= 0.6 is 0 Å². The lowest BCUT2D eigenvalue weighted by Gasteiger charge is -2.19. The van der Waals surface area contributed by atoms with Gasteiger partial charge in [-0.25, -0.2) is 4.68 Å². The van der Waals surface area contributed by atoms with Crippen molar-refractivity contribution in [1.29, 1.82) is 0 Å². The fourth-order valence-corrected chi connectivity index (χ4v) is 1.35. The van der Waals surface area contributed by atoms with E-state index in [0.29, 0.717) is 19.7 Å². The van der Waals surface area contributed by atoms with Crippen LogP contribution in [-0.4, -0.2) is 46.7 Å². The first-order valence-corrected chi connectivity index (χ1v) is 6.30. The lowest BCUT2D eigenvalue weighted by atomic mass is 10.1. The van der Waals surface area contributed by atoms with Crippen LogP contribution in [0.3, 0.4) is 0 Å². The molecule has 0 saturated heterocycles. The zero-order valence-electron chi connectivity index (χ0n) is 12.1. The first-order valence-electron chi connectivity index (χ1n) is 6.30. The summed E-state index contributed by atoms with van der Waals surface area (Å²) in [6.07, 6.45) is 1.77. The van der Waals surface area contributed by atoms with E-state index in [0.717, 1.165) is 5.69 Å². The molecule has 1 rings (SSSR count). The summed E-state index contributed by atoms with van der Waals surface area (Å²) in [5.41, 5.74) is 0.848. The van der Waals surface area contributed by atoms with Crippen LogP contribution in [0.25, 0.3) is 0 Å². The quantitative estimate of drug-likeness (QED) is 0.677. The molecule has 7 heteroatoms. The van der Waals surface area contributed by atoms with Gasteiger partial charge in [-0.3, -0.25) is 4.79 Å². The van der Waals surface area contributed by atoms with Crippen LogP contribution in [0, 0.1) is 0 Å². The third-order valence-corrected chi connectivity index (χ3v) is 2.32. The lowest BCUT2D eigenvalue weighted by molar-refractivity contribution is -0.122. The Morgan fingerprint density at radius 1 is 1.47 bits per heavy atom. The molecule has 1 amide bonds. The van der Waals surface area contributed by atoms with Gasteiger partial charge in [0.1, 0.15) is 6.54 Å². The monoisotopic (exact) mass is 269 g/mol. The first-order chi connectivity index (χ1) is 8.90. The molecule has 0 unspecified atom stereocenters. The van der Waals surface area contributed by atoms with E-state index < -0.39 is 0 Å². The van der Waals surface area contributed by atoms with Crippen molar-refractivity contribution < 1.29 is 9.53 Å². The van der Waals surface area contributed by atoms with E-state index in [1.165, 1.54) is 4.68 Å². The average molecular weight is 269 g/mol. The molecule has 0 atom stereocenters. The predicted molar refractivity (Wildman–Crippen MR) is 71.5 cm³/mol. The molecule has 1 aromatic rings. The number of hydrogen-bond acceptors (Lipinski definition) is 5. The van der Waals surface area contributed by atoms with Gasteiger partial charge in [0.2, 0.25) is 5.91 Å². The van der Waals surface area contributed by atoms with E-state index in [-0.39, 0.29) is 18.0 Å². The number of nitrogens with one attached hydrogen (secondary N) is 2. The van der Waals surface area contributed by atoms with Crippen molar-refractivity contribution in [3.63, 3.8) is 0 Å². The summed E-state index contributed by atoms with van der Waals surface area (Å²) in [6, 6.07) is 0. The van der Waals surface area contributed by atoms with Crippen molar-refractivity contribution in [2.45, 2.75) is 39.4 Å². The average Bonchev–Trinajstić information content (AvgIpc) is 2.73. The molecule has 0 spiro atoms. The van der Waals surface area contributed by atoms with Crippen LogP contribution in [0.5, 0.6) is 0 Å². The Morgan fingerprint density at radius 2 is 2.21 bits per heavy atom. The third-order valence-electron chi connectivity index (χ3n) is 2.32.